The Morgan fingerprint density at radius 1 is 0.779 bits per heavy atom. The zero-order chi connectivity index (χ0) is 53.3. The molecule has 77 heavy (non-hydrogen) atoms. The molecule has 24 heteroatoms. The van der Waals surface area contributed by atoms with E-state index in [1.807, 2.05) is 25.5 Å². The molecule has 1 saturated carbocycles. The van der Waals surface area contributed by atoms with E-state index in [-0.39, 0.29) is 24.1 Å². The number of carbonyl (C=O) groups is 4. The van der Waals surface area contributed by atoms with Crippen LogP contribution < -0.4 is 35.8 Å². The molecule has 8 heterocycles. The molecular weight excluding hydrogens is 1070 g/mol. The number of hydrogen-bond acceptors (Lipinski definition) is 19. The van der Waals surface area contributed by atoms with E-state index in [1.165, 1.54) is 46.1 Å². The van der Waals surface area contributed by atoms with Crippen LogP contribution in [0.5, 0.6) is 5.75 Å². The SMILES string of the molecule is COc1cc(N2CCN(C3CC4(CCN(C5CN(c6ccc7c(c6)C(=O)N(C6CCC(=O)NC6=O)C7=O)C5)CC4)C3)CC2)c(-c2cnn(C)c2)cc1Nc1ncc(Br)c(Nc2ccc3nccnc3c2P(=O)(OC)OC)n1. The van der Waals surface area contributed by atoms with Gasteiger partial charge in [-0.05, 0) is 103 Å². The fraction of sp³-hybridized carbons (Fsp3) is 0.415. The predicted octanol–water partition coefficient (Wildman–Crippen LogP) is 5.85. The monoisotopic (exact) mass is 1130 g/mol. The zero-order valence-corrected chi connectivity index (χ0v) is 45.6. The number of fused-ring (bicyclic) bond motifs is 2. The molecule has 5 fully saturated rings. The van der Waals surface area contributed by atoms with Crippen LogP contribution in [0.15, 0.2) is 77.9 Å². The Labute approximate surface area is 452 Å². The van der Waals surface area contributed by atoms with Gasteiger partial charge >= 0.3 is 7.60 Å². The first kappa shape index (κ1) is 50.9. The van der Waals surface area contributed by atoms with Gasteiger partial charge in [-0.25, -0.2) is 4.98 Å². The molecule has 1 aliphatic carbocycles. The molecule has 3 N–H and O–H groups in total. The molecule has 1 spiro atoms. The zero-order valence-electron chi connectivity index (χ0n) is 43.1. The van der Waals surface area contributed by atoms with Crippen molar-refractivity contribution in [2.45, 2.75) is 56.7 Å². The number of ether oxygens (including phenoxy) is 1. The van der Waals surface area contributed by atoms with Gasteiger partial charge in [-0.3, -0.25) is 58.4 Å². The molecule has 1 unspecified atom stereocenters. The number of piperazine rings is 1. The number of likely N-dealkylation sites (tertiary alicyclic amines) is 1. The average molecular weight is 1130 g/mol. The third kappa shape index (κ3) is 9.29. The lowest BCUT2D eigenvalue weighted by molar-refractivity contribution is -0.136. The van der Waals surface area contributed by atoms with Gasteiger partial charge in [0.05, 0.1) is 45.8 Å². The van der Waals surface area contributed by atoms with Gasteiger partial charge in [0.1, 0.15) is 28.4 Å². The number of methoxy groups -OCH3 is 1. The van der Waals surface area contributed by atoms with E-state index in [0.717, 1.165) is 79.8 Å². The minimum absolute atomic E-state index is 0.0900. The van der Waals surface area contributed by atoms with E-state index in [4.69, 9.17) is 18.8 Å². The minimum atomic E-state index is -3.83. The molecule has 3 aromatic carbocycles. The van der Waals surface area contributed by atoms with Crippen molar-refractivity contribution in [3.8, 4) is 16.9 Å². The topological polar surface area (TPSA) is 235 Å². The normalized spacial score (nSPS) is 20.4. The smallest absolute Gasteiger partial charge is 0.365 e. The van der Waals surface area contributed by atoms with E-state index in [9.17, 15) is 23.7 Å². The molecule has 5 aliphatic heterocycles. The summed E-state index contributed by atoms with van der Waals surface area (Å²) in [4.78, 5) is 80.2. The van der Waals surface area contributed by atoms with E-state index in [0.29, 0.717) is 67.1 Å². The maximum atomic E-state index is 13.9. The Morgan fingerprint density at radius 2 is 1.52 bits per heavy atom. The van der Waals surface area contributed by atoms with Crippen molar-refractivity contribution >= 4 is 98.0 Å². The third-order valence-corrected chi connectivity index (χ3v) is 19.0. The highest BCUT2D eigenvalue weighted by molar-refractivity contribution is 9.10. The second-order valence-electron chi connectivity index (χ2n) is 20.7. The highest BCUT2D eigenvalue weighted by Crippen LogP contribution is 2.52. The summed E-state index contributed by atoms with van der Waals surface area (Å²) in [5.41, 5.74) is 6.86. The van der Waals surface area contributed by atoms with Crippen molar-refractivity contribution in [1.29, 1.82) is 0 Å². The van der Waals surface area contributed by atoms with Crippen LogP contribution in [-0.4, -0.2) is 160 Å². The standard InChI is InChI=1S/C53H58BrN14O8P/c1-63-28-31(26-58-63)36-22-41(60-52-57-27-38(54)48(62-52)59-40-8-7-39-46(56-14-13-55-39)47(40)77(73,75-3)76-4)44(74-2)23-43(36)66-19-17-65(18-20-66)33-24-53(25-33)11-15-64(16-12-53)34-29-67(30-34)32-5-6-35-37(21-32)51(72)68(50(35)71)42-9-10-45(69)61-49(42)70/h5-8,13-14,21-23,26-28,33-34,42H,9-12,15-20,24-25,29-30H2,1-4H3,(H,61,69,70)(H2,57,59,60,62). The Bertz CT molecular complexity index is 3400. The molecule has 0 radical (unpaired) electrons. The third-order valence-electron chi connectivity index (χ3n) is 16.5. The summed E-state index contributed by atoms with van der Waals surface area (Å²) in [6.07, 6.45) is 13.6. The molecule has 3 aromatic heterocycles. The summed E-state index contributed by atoms with van der Waals surface area (Å²) in [6, 6.07) is 13.0. The second-order valence-corrected chi connectivity index (χ2v) is 23.7. The number of rotatable bonds is 14. The van der Waals surface area contributed by atoms with Crippen LogP contribution in [0.2, 0.25) is 0 Å². The van der Waals surface area contributed by atoms with Crippen molar-refractivity contribution in [2.24, 2.45) is 12.5 Å². The fourth-order valence-electron chi connectivity index (χ4n) is 12.2. The number of hydrogen-bond donors (Lipinski definition) is 3. The van der Waals surface area contributed by atoms with Crippen LogP contribution in [-0.2, 0) is 30.2 Å². The lowest BCUT2D eigenvalue weighted by Crippen LogP contribution is -2.64. The minimum Gasteiger partial charge on any atom is -0.494 e. The summed E-state index contributed by atoms with van der Waals surface area (Å²) < 4.78 is 33.2. The van der Waals surface area contributed by atoms with Crippen molar-refractivity contribution in [3.63, 3.8) is 0 Å². The lowest BCUT2D eigenvalue weighted by atomic mass is 9.59. The number of nitrogens with zero attached hydrogens (tertiary/aromatic N) is 11. The van der Waals surface area contributed by atoms with Gasteiger partial charge in [0.2, 0.25) is 17.8 Å². The van der Waals surface area contributed by atoms with Crippen molar-refractivity contribution < 1.29 is 37.5 Å². The Morgan fingerprint density at radius 3 is 2.23 bits per heavy atom. The number of halogens is 1. The number of piperidine rings is 2. The van der Waals surface area contributed by atoms with Crippen molar-refractivity contribution in [3.05, 3.63) is 89.0 Å². The molecule has 6 aromatic rings. The quantitative estimate of drug-likeness (QED) is 0.0858. The Kier molecular flexibility index (Phi) is 13.3. The van der Waals surface area contributed by atoms with E-state index in [2.05, 4.69) is 83.7 Å². The summed E-state index contributed by atoms with van der Waals surface area (Å²) in [5.74, 6) is -0.676. The first-order chi connectivity index (χ1) is 37.2. The molecule has 4 saturated heterocycles. The van der Waals surface area contributed by atoms with Crippen molar-refractivity contribution in [2.75, 3.05) is 94.1 Å². The van der Waals surface area contributed by atoms with Gasteiger partial charge in [-0.1, -0.05) is 0 Å². The largest absolute Gasteiger partial charge is 0.494 e. The molecule has 22 nitrogen and oxygen atoms in total. The Hall–Kier alpha value is -6.88. The lowest BCUT2D eigenvalue weighted by Gasteiger charge is -2.58. The summed E-state index contributed by atoms with van der Waals surface area (Å²) in [5, 5.41) is 13.7. The van der Waals surface area contributed by atoms with Crippen LogP contribution in [0.1, 0.15) is 59.2 Å². The molecule has 4 amide bonds. The molecule has 0 bridgehead atoms. The number of carbonyl (C=O) groups excluding carboxylic acids is 4. The van der Waals surface area contributed by atoms with Gasteiger partial charge in [0.25, 0.3) is 11.8 Å². The van der Waals surface area contributed by atoms with Gasteiger partial charge in [-0.15, -0.1) is 0 Å². The number of anilines is 6. The van der Waals surface area contributed by atoms with Gasteiger partial charge in [0.15, 0.2) is 0 Å². The summed E-state index contributed by atoms with van der Waals surface area (Å²) >= 11 is 3.59. The van der Waals surface area contributed by atoms with Gasteiger partial charge in [-0.2, -0.15) is 10.1 Å². The van der Waals surface area contributed by atoms with Crippen LogP contribution >= 0.6 is 23.5 Å². The first-order valence-corrected chi connectivity index (χ1v) is 28.1. The maximum absolute atomic E-state index is 13.9. The molecule has 6 aliphatic rings. The van der Waals surface area contributed by atoms with Gasteiger partial charge in [0, 0.05) is 132 Å². The van der Waals surface area contributed by atoms with Gasteiger partial charge < -0.3 is 34.2 Å². The number of benzene rings is 3. The predicted molar refractivity (Wildman–Crippen MR) is 291 cm³/mol. The number of aryl methyl sites for hydroxylation is 1. The molecule has 400 valence electrons. The molecule has 1 atom stereocenters. The highest BCUT2D eigenvalue weighted by Gasteiger charge is 2.50. The summed E-state index contributed by atoms with van der Waals surface area (Å²) in [6.45, 7) is 7.48. The van der Waals surface area contributed by atoms with Crippen LogP contribution in [0.25, 0.3) is 22.2 Å². The van der Waals surface area contributed by atoms with Crippen LogP contribution in [0.3, 0.4) is 0 Å². The number of amides is 4. The second kappa shape index (κ2) is 20.2. The van der Waals surface area contributed by atoms with Crippen LogP contribution in [0.4, 0.5) is 34.5 Å². The van der Waals surface area contributed by atoms with Crippen molar-refractivity contribution in [1.82, 2.24) is 49.7 Å². The first-order valence-electron chi connectivity index (χ1n) is 25.8. The maximum Gasteiger partial charge on any atom is 0.365 e. The molecule has 12 rings (SSSR count). The van der Waals surface area contributed by atoms with E-state index in [1.54, 1.807) is 48.5 Å². The number of nitrogens with one attached hydrogen (secondary N) is 3. The van der Waals surface area contributed by atoms with E-state index < -0.39 is 37.3 Å². The van der Waals surface area contributed by atoms with E-state index >= 15 is 0 Å². The molecular formula is C53H58BrN14O8P. The fourth-order valence-corrected chi connectivity index (χ4v) is 13.8. The number of imide groups is 2. The number of aromatic nitrogens is 6. The average Bonchev–Trinajstić information content (AvgIpc) is 4.03. The van der Waals surface area contributed by atoms with Crippen LogP contribution in [0, 0.1) is 5.41 Å². The summed E-state index contributed by atoms with van der Waals surface area (Å²) in [7, 11) is 2.39. The Balaban J connectivity index is 0.669. The highest BCUT2D eigenvalue weighted by atomic mass is 79.9.